The van der Waals surface area contributed by atoms with E-state index in [9.17, 15) is 8.42 Å². The fourth-order valence-electron chi connectivity index (χ4n) is 1.68. The molecule has 0 aliphatic rings. The number of nitrogens with zero attached hydrogens (tertiary/aromatic N) is 1. The van der Waals surface area contributed by atoms with Crippen molar-refractivity contribution in [3.63, 3.8) is 0 Å². The Morgan fingerprint density at radius 3 is 2.65 bits per heavy atom. The van der Waals surface area contributed by atoms with Crippen LogP contribution in [0.4, 0.5) is 0 Å². The SMILES string of the molecule is COCC(C)N(C)S(=O)(=O)c1ccccc1C#CCN. The van der Waals surface area contributed by atoms with Crippen molar-refractivity contribution in [2.45, 2.75) is 17.9 Å². The summed E-state index contributed by atoms with van der Waals surface area (Å²) in [5.41, 5.74) is 5.79. The second kappa shape index (κ2) is 7.41. The van der Waals surface area contributed by atoms with E-state index in [1.54, 1.807) is 31.2 Å². The quantitative estimate of drug-likeness (QED) is 0.810. The zero-order chi connectivity index (χ0) is 15.2. The van der Waals surface area contributed by atoms with E-state index >= 15 is 0 Å². The number of nitrogens with two attached hydrogens (primary N) is 1. The summed E-state index contributed by atoms with van der Waals surface area (Å²) in [6.07, 6.45) is 0. The predicted octanol–water partition coefficient (Wildman–Crippen LogP) is 0.652. The van der Waals surface area contributed by atoms with Crippen LogP contribution in [0.2, 0.25) is 0 Å². The molecule has 0 saturated carbocycles. The minimum Gasteiger partial charge on any atom is -0.383 e. The average Bonchev–Trinajstić information content (AvgIpc) is 2.44. The second-order valence-corrected chi connectivity index (χ2v) is 6.29. The molecule has 2 N–H and O–H groups in total. The van der Waals surface area contributed by atoms with Crippen LogP contribution in [-0.2, 0) is 14.8 Å². The number of rotatable bonds is 5. The topological polar surface area (TPSA) is 72.6 Å². The Labute approximate surface area is 120 Å². The van der Waals surface area contributed by atoms with E-state index in [0.717, 1.165) is 0 Å². The van der Waals surface area contributed by atoms with Crippen LogP contribution in [0.15, 0.2) is 29.2 Å². The lowest BCUT2D eigenvalue weighted by molar-refractivity contribution is 0.149. The Balaban J connectivity index is 3.22. The molecule has 0 aromatic heterocycles. The van der Waals surface area contributed by atoms with E-state index < -0.39 is 10.0 Å². The number of ether oxygens (including phenoxy) is 1. The average molecular weight is 296 g/mol. The van der Waals surface area contributed by atoms with E-state index in [-0.39, 0.29) is 17.5 Å². The fourth-order valence-corrected chi connectivity index (χ4v) is 3.17. The molecular formula is C14H20N2O3S. The third kappa shape index (κ3) is 3.81. The van der Waals surface area contributed by atoms with Crippen LogP contribution in [0.5, 0.6) is 0 Å². The van der Waals surface area contributed by atoms with Gasteiger partial charge in [-0.05, 0) is 19.1 Å². The van der Waals surface area contributed by atoms with Gasteiger partial charge in [-0.25, -0.2) is 8.42 Å². The van der Waals surface area contributed by atoms with Crippen molar-refractivity contribution in [3.05, 3.63) is 29.8 Å². The summed E-state index contributed by atoms with van der Waals surface area (Å²) in [6, 6.07) is 6.38. The van der Waals surface area contributed by atoms with Gasteiger partial charge < -0.3 is 10.5 Å². The molecule has 0 aliphatic heterocycles. The van der Waals surface area contributed by atoms with E-state index in [4.69, 9.17) is 10.5 Å². The van der Waals surface area contributed by atoms with Gasteiger partial charge in [0.15, 0.2) is 0 Å². The fraction of sp³-hybridized carbons (Fsp3) is 0.429. The first kappa shape index (κ1) is 16.7. The van der Waals surface area contributed by atoms with Crippen molar-refractivity contribution in [1.82, 2.24) is 4.31 Å². The van der Waals surface area contributed by atoms with Crippen LogP contribution in [-0.4, -0.2) is 46.1 Å². The summed E-state index contributed by atoms with van der Waals surface area (Å²) in [7, 11) is -0.538. The Kier molecular flexibility index (Phi) is 6.17. The van der Waals surface area contributed by atoms with Gasteiger partial charge in [0.2, 0.25) is 10.0 Å². The first-order valence-electron chi connectivity index (χ1n) is 6.20. The molecule has 0 saturated heterocycles. The monoisotopic (exact) mass is 296 g/mol. The first-order valence-corrected chi connectivity index (χ1v) is 7.64. The van der Waals surface area contributed by atoms with Crippen molar-refractivity contribution in [2.24, 2.45) is 5.73 Å². The normalized spacial score (nSPS) is 12.8. The van der Waals surface area contributed by atoms with E-state index in [1.165, 1.54) is 18.5 Å². The number of likely N-dealkylation sites (N-methyl/N-ethyl adjacent to an activating group) is 1. The van der Waals surface area contributed by atoms with Gasteiger partial charge in [0.05, 0.1) is 18.0 Å². The van der Waals surface area contributed by atoms with Crippen molar-refractivity contribution in [2.75, 3.05) is 27.3 Å². The molecule has 0 amide bonds. The van der Waals surface area contributed by atoms with Gasteiger partial charge in [-0.1, -0.05) is 24.0 Å². The summed E-state index contributed by atoms with van der Waals surface area (Å²) in [4.78, 5) is 0.186. The van der Waals surface area contributed by atoms with Crippen molar-refractivity contribution >= 4 is 10.0 Å². The number of benzene rings is 1. The molecule has 1 atom stereocenters. The van der Waals surface area contributed by atoms with Crippen molar-refractivity contribution in [1.29, 1.82) is 0 Å². The van der Waals surface area contributed by atoms with Crippen LogP contribution in [0.3, 0.4) is 0 Å². The standard InChI is InChI=1S/C14H20N2O3S/c1-12(11-19-3)16(2)20(17,18)14-9-5-4-7-13(14)8-6-10-15/h4-5,7,9,12H,10-11,15H2,1-3H3. The highest BCUT2D eigenvalue weighted by Gasteiger charge is 2.27. The van der Waals surface area contributed by atoms with Crippen LogP contribution in [0.25, 0.3) is 0 Å². The van der Waals surface area contributed by atoms with Crippen molar-refractivity contribution in [3.8, 4) is 11.8 Å². The number of sulfonamides is 1. The van der Waals surface area contributed by atoms with Gasteiger partial charge in [0.25, 0.3) is 0 Å². The molecule has 0 aliphatic carbocycles. The smallest absolute Gasteiger partial charge is 0.244 e. The van der Waals surface area contributed by atoms with E-state index in [2.05, 4.69) is 11.8 Å². The second-order valence-electron chi connectivity index (χ2n) is 4.33. The maximum atomic E-state index is 12.6. The third-order valence-corrected chi connectivity index (χ3v) is 4.93. The highest BCUT2D eigenvalue weighted by molar-refractivity contribution is 7.89. The molecule has 0 radical (unpaired) electrons. The molecule has 110 valence electrons. The number of hydrogen-bond donors (Lipinski definition) is 1. The molecule has 1 aromatic rings. The molecule has 0 bridgehead atoms. The minimum atomic E-state index is -3.61. The summed E-state index contributed by atoms with van der Waals surface area (Å²) >= 11 is 0. The largest absolute Gasteiger partial charge is 0.383 e. The Morgan fingerprint density at radius 2 is 2.05 bits per heavy atom. The number of methoxy groups -OCH3 is 1. The van der Waals surface area contributed by atoms with Gasteiger partial charge in [-0.15, -0.1) is 0 Å². The number of hydrogen-bond acceptors (Lipinski definition) is 4. The summed E-state index contributed by atoms with van der Waals surface area (Å²) in [5, 5.41) is 0. The van der Waals surface area contributed by atoms with Gasteiger partial charge in [0.1, 0.15) is 0 Å². The predicted molar refractivity (Wildman–Crippen MR) is 78.7 cm³/mol. The van der Waals surface area contributed by atoms with Gasteiger partial charge >= 0.3 is 0 Å². The van der Waals surface area contributed by atoms with Crippen LogP contribution < -0.4 is 5.73 Å². The molecule has 0 fully saturated rings. The maximum absolute atomic E-state index is 12.6. The zero-order valence-electron chi connectivity index (χ0n) is 12.0. The van der Waals surface area contributed by atoms with Crippen LogP contribution in [0.1, 0.15) is 12.5 Å². The van der Waals surface area contributed by atoms with Crippen LogP contribution in [0, 0.1) is 11.8 Å². The summed E-state index contributed by atoms with van der Waals surface area (Å²) < 4.78 is 31.5. The Hall–Kier alpha value is -1.39. The van der Waals surface area contributed by atoms with Crippen molar-refractivity contribution < 1.29 is 13.2 Å². The third-order valence-electron chi connectivity index (χ3n) is 2.90. The molecule has 0 spiro atoms. The lowest BCUT2D eigenvalue weighted by Gasteiger charge is -2.24. The molecule has 1 unspecified atom stereocenters. The van der Waals surface area contributed by atoms with Gasteiger partial charge in [-0.3, -0.25) is 0 Å². The lowest BCUT2D eigenvalue weighted by Crippen LogP contribution is -2.38. The molecule has 5 nitrogen and oxygen atoms in total. The van der Waals surface area contributed by atoms with Gasteiger partial charge in [0, 0.05) is 25.8 Å². The molecule has 1 aromatic carbocycles. The molecule has 1 rings (SSSR count). The highest BCUT2D eigenvalue weighted by Crippen LogP contribution is 2.20. The molecule has 6 heteroatoms. The van der Waals surface area contributed by atoms with E-state index in [0.29, 0.717) is 12.2 Å². The summed E-state index contributed by atoms with van der Waals surface area (Å²) in [6.45, 7) is 2.30. The Morgan fingerprint density at radius 1 is 1.40 bits per heavy atom. The van der Waals surface area contributed by atoms with E-state index in [1.807, 2.05) is 0 Å². The van der Waals surface area contributed by atoms with Gasteiger partial charge in [-0.2, -0.15) is 4.31 Å². The van der Waals surface area contributed by atoms with Crippen LogP contribution >= 0.6 is 0 Å². The maximum Gasteiger partial charge on any atom is 0.244 e. The molecule has 0 heterocycles. The molecule has 20 heavy (non-hydrogen) atoms. The Bertz CT molecular complexity index is 602. The minimum absolute atomic E-state index is 0.185. The molecular weight excluding hydrogens is 276 g/mol. The summed E-state index contributed by atoms with van der Waals surface area (Å²) in [5.74, 6) is 5.47. The lowest BCUT2D eigenvalue weighted by atomic mass is 10.2. The zero-order valence-corrected chi connectivity index (χ0v) is 12.8. The highest BCUT2D eigenvalue weighted by atomic mass is 32.2. The first-order chi connectivity index (χ1) is 9.45.